The number of amides is 3. The quantitative estimate of drug-likeness (QED) is 0.226. The Balaban J connectivity index is 1.40. The molecule has 2 aromatic rings. The van der Waals surface area contributed by atoms with E-state index in [0.717, 1.165) is 15.3 Å². The maximum atomic E-state index is 12.9. The summed E-state index contributed by atoms with van der Waals surface area (Å²) in [4.78, 5) is 65.1. The number of hydrogen-bond donors (Lipinski definition) is 3. The third kappa shape index (κ3) is 6.92. The molecule has 0 saturated carbocycles. The second-order valence-corrected chi connectivity index (χ2v) is 11.6. The molecule has 0 spiro atoms. The van der Waals surface area contributed by atoms with Crippen LogP contribution in [0.3, 0.4) is 0 Å². The molecule has 0 bridgehead atoms. The van der Waals surface area contributed by atoms with Gasteiger partial charge in [0.2, 0.25) is 17.7 Å². The van der Waals surface area contributed by atoms with Gasteiger partial charge < -0.3 is 25.4 Å². The van der Waals surface area contributed by atoms with Crippen molar-refractivity contribution in [1.29, 1.82) is 0 Å². The molecule has 0 fully saturated rings. The number of esters is 1. The van der Waals surface area contributed by atoms with Crippen LogP contribution in [0.5, 0.6) is 0 Å². The van der Waals surface area contributed by atoms with Crippen molar-refractivity contribution < 1.29 is 33.8 Å². The van der Waals surface area contributed by atoms with E-state index in [-0.39, 0.29) is 30.1 Å². The summed E-state index contributed by atoms with van der Waals surface area (Å²) in [5.74, 6) is -3.57. The molecule has 4 rings (SSSR count). The zero-order valence-electron chi connectivity index (χ0n) is 22.2. The Hall–Kier alpha value is -3.64. The van der Waals surface area contributed by atoms with Crippen LogP contribution in [0.25, 0.3) is 0 Å². The van der Waals surface area contributed by atoms with Crippen LogP contribution in [0.4, 0.5) is 10.7 Å². The molecule has 1 aromatic heterocycles. The van der Waals surface area contributed by atoms with E-state index in [1.54, 1.807) is 42.2 Å². The van der Waals surface area contributed by atoms with Gasteiger partial charge in [-0.3, -0.25) is 19.2 Å². The third-order valence-electron chi connectivity index (χ3n) is 6.79. The average Bonchev–Trinajstić information content (AvgIpc) is 3.29. The molecule has 2 atom stereocenters. The number of ether oxygens (including phenoxy) is 1. The summed E-state index contributed by atoms with van der Waals surface area (Å²) in [5, 5.41) is 15.5. The summed E-state index contributed by atoms with van der Waals surface area (Å²) in [5.41, 5.74) is 1.68. The second kappa shape index (κ2) is 13.1. The lowest BCUT2D eigenvalue weighted by atomic mass is 9.82. The van der Waals surface area contributed by atoms with Gasteiger partial charge in [0.15, 0.2) is 0 Å². The lowest BCUT2D eigenvalue weighted by molar-refractivity contribution is -0.146. The summed E-state index contributed by atoms with van der Waals surface area (Å²) < 4.78 is 5.25. The summed E-state index contributed by atoms with van der Waals surface area (Å²) in [6.07, 6.45) is 4.80. The molecule has 1 aromatic carbocycles. The molecule has 0 radical (unpaired) electrons. The molecule has 2 unspecified atom stereocenters. The van der Waals surface area contributed by atoms with Crippen LogP contribution in [0, 0.1) is 11.8 Å². The molecule has 2 heterocycles. The Morgan fingerprint density at radius 3 is 2.58 bits per heavy atom. The fraction of sp³-hybridized carbons (Fsp3) is 0.393. The minimum atomic E-state index is -0.992. The van der Waals surface area contributed by atoms with E-state index < -0.39 is 23.8 Å². The Bertz CT molecular complexity index is 1350. The van der Waals surface area contributed by atoms with Gasteiger partial charge in [-0.05, 0) is 49.9 Å². The van der Waals surface area contributed by atoms with Crippen molar-refractivity contribution in [2.75, 3.05) is 29.5 Å². The Labute approximate surface area is 240 Å². The number of hydrogen-bond acceptors (Lipinski definition) is 8. The number of carbonyl (C=O) groups is 5. The highest BCUT2D eigenvalue weighted by Gasteiger charge is 2.34. The van der Waals surface area contributed by atoms with Gasteiger partial charge >= 0.3 is 11.9 Å². The van der Waals surface area contributed by atoms with Crippen LogP contribution in [0.2, 0.25) is 0 Å². The zero-order chi connectivity index (χ0) is 28.8. The van der Waals surface area contributed by atoms with E-state index in [9.17, 15) is 29.1 Å². The van der Waals surface area contributed by atoms with Gasteiger partial charge in [0, 0.05) is 28.9 Å². The number of allylic oxidation sites excluding steroid dienone is 2. The van der Waals surface area contributed by atoms with Crippen molar-refractivity contribution in [2.45, 2.75) is 44.6 Å². The topological polar surface area (TPSA) is 142 Å². The first-order valence-electron chi connectivity index (χ1n) is 13.0. The van der Waals surface area contributed by atoms with Gasteiger partial charge in [0.25, 0.3) is 0 Å². The van der Waals surface area contributed by atoms with Crippen molar-refractivity contribution in [3.8, 4) is 0 Å². The lowest BCUT2D eigenvalue weighted by Gasteiger charge is -2.25. The zero-order valence-corrected chi connectivity index (χ0v) is 23.9. The number of carboxylic acid groups (broad SMARTS) is 1. The van der Waals surface area contributed by atoms with E-state index in [0.29, 0.717) is 48.6 Å². The number of nitrogens with one attached hydrogen (secondary N) is 2. The number of carboxylic acids is 1. The van der Waals surface area contributed by atoms with E-state index in [4.69, 9.17) is 4.74 Å². The minimum absolute atomic E-state index is 0.0468. The smallest absolute Gasteiger partial charge is 0.341 e. The van der Waals surface area contributed by atoms with Crippen LogP contribution >= 0.6 is 23.1 Å². The molecule has 40 heavy (non-hydrogen) atoms. The maximum Gasteiger partial charge on any atom is 0.341 e. The fourth-order valence-electron chi connectivity index (χ4n) is 4.77. The fourth-order valence-corrected chi connectivity index (χ4v) is 6.79. The summed E-state index contributed by atoms with van der Waals surface area (Å²) in [6.45, 7) is 4.31. The van der Waals surface area contributed by atoms with Crippen LogP contribution in [-0.4, -0.2) is 58.6 Å². The number of nitrogens with zero attached hydrogens (tertiary/aromatic N) is 1. The summed E-state index contributed by atoms with van der Waals surface area (Å²) >= 11 is 2.54. The number of thioether (sulfide) groups is 1. The molecule has 1 aliphatic carbocycles. The van der Waals surface area contributed by atoms with Gasteiger partial charge in [0.05, 0.1) is 36.3 Å². The first-order chi connectivity index (χ1) is 19.2. The molecular formula is C28H31N3O7S2. The van der Waals surface area contributed by atoms with Gasteiger partial charge in [-0.2, -0.15) is 0 Å². The van der Waals surface area contributed by atoms with Gasteiger partial charge in [0.1, 0.15) is 5.00 Å². The van der Waals surface area contributed by atoms with E-state index in [1.165, 1.54) is 30.0 Å². The minimum Gasteiger partial charge on any atom is -0.481 e. The second-order valence-electron chi connectivity index (χ2n) is 9.47. The number of fused-ring (bicyclic) bond motifs is 1. The highest BCUT2D eigenvalue weighted by atomic mass is 32.2. The number of aliphatic carboxylic acids is 1. The van der Waals surface area contributed by atoms with Gasteiger partial charge in [-0.25, -0.2) is 4.79 Å². The number of carbonyl (C=O) groups excluding carboxylic acids is 4. The maximum absolute atomic E-state index is 12.9. The van der Waals surface area contributed by atoms with Crippen LogP contribution in [0.1, 0.15) is 47.5 Å². The molecule has 10 nitrogen and oxygen atoms in total. The van der Waals surface area contributed by atoms with Crippen LogP contribution in [-0.2, 0) is 36.9 Å². The van der Waals surface area contributed by atoms with E-state index >= 15 is 0 Å². The van der Waals surface area contributed by atoms with Gasteiger partial charge in [-0.15, -0.1) is 23.1 Å². The SMILES string of the molecule is CCOC(=O)c1c(NC(=O)CSc2cccc(NC(=O)C3CC=CCC3C(=O)O)c2)sc2c1CCN(C(C)=O)C2. The number of anilines is 2. The summed E-state index contributed by atoms with van der Waals surface area (Å²) in [6, 6.07) is 7.00. The van der Waals surface area contributed by atoms with Crippen LogP contribution in [0.15, 0.2) is 41.3 Å². The van der Waals surface area contributed by atoms with Crippen molar-refractivity contribution in [2.24, 2.45) is 11.8 Å². The number of benzene rings is 1. The van der Waals surface area contributed by atoms with Gasteiger partial charge in [-0.1, -0.05) is 18.2 Å². The molecule has 0 saturated heterocycles. The van der Waals surface area contributed by atoms with E-state index in [2.05, 4.69) is 10.6 Å². The molecule has 1 aliphatic heterocycles. The molecule has 2 aliphatic rings. The number of thiophene rings is 1. The molecule has 3 N–H and O–H groups in total. The average molecular weight is 586 g/mol. The van der Waals surface area contributed by atoms with Crippen molar-refractivity contribution in [1.82, 2.24) is 4.90 Å². The van der Waals surface area contributed by atoms with Crippen molar-refractivity contribution in [3.05, 3.63) is 52.4 Å². The van der Waals surface area contributed by atoms with Crippen molar-refractivity contribution >= 4 is 63.4 Å². The molecule has 3 amide bonds. The number of rotatable bonds is 9. The molecule has 212 valence electrons. The van der Waals surface area contributed by atoms with Crippen LogP contribution < -0.4 is 10.6 Å². The van der Waals surface area contributed by atoms with Crippen molar-refractivity contribution in [3.63, 3.8) is 0 Å². The Morgan fingerprint density at radius 1 is 1.12 bits per heavy atom. The first-order valence-corrected chi connectivity index (χ1v) is 14.8. The van der Waals surface area contributed by atoms with E-state index in [1.807, 2.05) is 6.08 Å². The monoisotopic (exact) mass is 585 g/mol. The highest BCUT2D eigenvalue weighted by molar-refractivity contribution is 8.00. The molecule has 12 heteroatoms. The first kappa shape index (κ1) is 29.3. The third-order valence-corrected chi connectivity index (χ3v) is 8.92. The normalized spacial score (nSPS) is 18.0. The standard InChI is InChI=1S/C28H31N3O7S2/c1-3-38-28(37)24-21-11-12-31(16(2)32)14-22(21)40-26(24)30-23(33)15-39-18-8-6-7-17(13-18)29-25(34)19-9-4-5-10-20(19)27(35)36/h4-8,13,19-20H,3,9-12,14-15H2,1-2H3,(H,29,34)(H,30,33)(H,35,36). The Kier molecular flexibility index (Phi) is 9.64. The largest absolute Gasteiger partial charge is 0.481 e. The highest BCUT2D eigenvalue weighted by Crippen LogP contribution is 2.38. The predicted octanol–water partition coefficient (Wildman–Crippen LogP) is 4.17. The molecular weight excluding hydrogens is 554 g/mol. The summed E-state index contributed by atoms with van der Waals surface area (Å²) in [7, 11) is 0. The Morgan fingerprint density at radius 2 is 1.88 bits per heavy atom. The lowest BCUT2D eigenvalue weighted by Crippen LogP contribution is -2.34. The predicted molar refractivity (Wildman–Crippen MR) is 152 cm³/mol.